The lowest BCUT2D eigenvalue weighted by Gasteiger charge is -2.27. The zero-order chi connectivity index (χ0) is 18.4. The van der Waals surface area contributed by atoms with E-state index in [9.17, 15) is 10.2 Å². The standard InChI is InChI=1S/C21H22O5/c1-11(2)4-6-14-19(23)18(24-3)9-15-16-10-25-17-8-12(22)5-7-13(17)20(16)26-21(14)15/h4-5,7-9,16,20,22-23H,6,10H2,1-3H3. The van der Waals surface area contributed by atoms with Crippen molar-refractivity contribution in [3.05, 3.63) is 52.6 Å². The predicted octanol–water partition coefficient (Wildman–Crippen LogP) is 4.22. The second kappa shape index (κ2) is 6.16. The lowest BCUT2D eigenvalue weighted by atomic mass is 9.88. The van der Waals surface area contributed by atoms with Gasteiger partial charge in [-0.25, -0.2) is 0 Å². The summed E-state index contributed by atoms with van der Waals surface area (Å²) in [5.74, 6) is 2.10. The van der Waals surface area contributed by atoms with Crippen molar-refractivity contribution in [2.45, 2.75) is 32.3 Å². The van der Waals surface area contributed by atoms with Gasteiger partial charge in [0.05, 0.1) is 19.6 Å². The van der Waals surface area contributed by atoms with Gasteiger partial charge in [-0.3, -0.25) is 0 Å². The van der Waals surface area contributed by atoms with Gasteiger partial charge < -0.3 is 24.4 Å². The van der Waals surface area contributed by atoms with Gasteiger partial charge in [-0.15, -0.1) is 0 Å². The fourth-order valence-electron chi connectivity index (χ4n) is 3.66. The first-order valence-corrected chi connectivity index (χ1v) is 8.68. The van der Waals surface area contributed by atoms with E-state index in [1.165, 1.54) is 5.57 Å². The van der Waals surface area contributed by atoms with Crippen molar-refractivity contribution in [2.24, 2.45) is 0 Å². The van der Waals surface area contributed by atoms with E-state index in [1.54, 1.807) is 19.2 Å². The van der Waals surface area contributed by atoms with Gasteiger partial charge in [-0.2, -0.15) is 0 Å². The largest absolute Gasteiger partial charge is 0.508 e. The van der Waals surface area contributed by atoms with Crippen molar-refractivity contribution in [2.75, 3.05) is 13.7 Å². The van der Waals surface area contributed by atoms with E-state index in [-0.39, 0.29) is 23.5 Å². The number of ether oxygens (including phenoxy) is 3. The summed E-state index contributed by atoms with van der Waals surface area (Å²) in [6, 6.07) is 6.93. The van der Waals surface area contributed by atoms with E-state index in [4.69, 9.17) is 14.2 Å². The Balaban J connectivity index is 1.82. The van der Waals surface area contributed by atoms with Gasteiger partial charge in [0.1, 0.15) is 23.4 Å². The summed E-state index contributed by atoms with van der Waals surface area (Å²) in [5, 5.41) is 20.3. The highest BCUT2D eigenvalue weighted by molar-refractivity contribution is 5.62. The van der Waals surface area contributed by atoms with E-state index in [0.29, 0.717) is 30.3 Å². The third-order valence-electron chi connectivity index (χ3n) is 5.01. The maximum atomic E-state index is 10.6. The van der Waals surface area contributed by atoms with Crippen molar-refractivity contribution in [1.29, 1.82) is 0 Å². The van der Waals surface area contributed by atoms with E-state index in [0.717, 1.165) is 16.7 Å². The summed E-state index contributed by atoms with van der Waals surface area (Å²) < 4.78 is 17.6. The minimum Gasteiger partial charge on any atom is -0.508 e. The number of methoxy groups -OCH3 is 1. The van der Waals surface area contributed by atoms with Crippen molar-refractivity contribution in [3.63, 3.8) is 0 Å². The lowest BCUT2D eigenvalue weighted by Crippen LogP contribution is -2.23. The molecular weight excluding hydrogens is 332 g/mol. The van der Waals surface area contributed by atoms with E-state index < -0.39 is 0 Å². The Morgan fingerprint density at radius 3 is 2.77 bits per heavy atom. The van der Waals surface area contributed by atoms with E-state index >= 15 is 0 Å². The third kappa shape index (κ3) is 2.55. The molecule has 2 aliphatic rings. The van der Waals surface area contributed by atoms with Crippen LogP contribution in [0.4, 0.5) is 0 Å². The molecule has 2 aliphatic heterocycles. The number of fused-ring (bicyclic) bond motifs is 5. The zero-order valence-electron chi connectivity index (χ0n) is 15.1. The molecule has 26 heavy (non-hydrogen) atoms. The van der Waals surface area contributed by atoms with Crippen molar-refractivity contribution in [3.8, 4) is 28.7 Å². The first-order chi connectivity index (χ1) is 12.5. The molecule has 5 heteroatoms. The number of phenolic OH excluding ortho intramolecular Hbond substituents is 2. The molecule has 0 aromatic heterocycles. The van der Waals surface area contributed by atoms with Gasteiger partial charge in [0.15, 0.2) is 11.5 Å². The average Bonchev–Trinajstić information content (AvgIpc) is 2.98. The number of allylic oxidation sites excluding steroid dienone is 2. The molecule has 2 unspecified atom stereocenters. The summed E-state index contributed by atoms with van der Waals surface area (Å²) in [7, 11) is 1.55. The molecule has 0 saturated heterocycles. The molecule has 2 atom stereocenters. The Morgan fingerprint density at radius 1 is 1.23 bits per heavy atom. The number of hydrogen-bond donors (Lipinski definition) is 2. The second-order valence-electron chi connectivity index (χ2n) is 6.99. The van der Waals surface area contributed by atoms with Gasteiger partial charge >= 0.3 is 0 Å². The van der Waals surface area contributed by atoms with Gasteiger partial charge in [0.2, 0.25) is 0 Å². The van der Waals surface area contributed by atoms with Gasteiger partial charge in [-0.05, 0) is 38.5 Å². The topological polar surface area (TPSA) is 68.2 Å². The maximum Gasteiger partial charge on any atom is 0.165 e. The smallest absolute Gasteiger partial charge is 0.165 e. The molecule has 0 amide bonds. The van der Waals surface area contributed by atoms with Crippen LogP contribution in [0.15, 0.2) is 35.9 Å². The second-order valence-corrected chi connectivity index (χ2v) is 6.99. The molecule has 0 aliphatic carbocycles. The van der Waals surface area contributed by atoms with E-state index in [1.807, 2.05) is 26.0 Å². The van der Waals surface area contributed by atoms with Crippen molar-refractivity contribution in [1.82, 2.24) is 0 Å². The first kappa shape index (κ1) is 16.6. The summed E-state index contributed by atoms with van der Waals surface area (Å²) in [6.07, 6.45) is 2.42. The maximum absolute atomic E-state index is 10.6. The van der Waals surface area contributed by atoms with E-state index in [2.05, 4.69) is 6.08 Å². The molecule has 0 radical (unpaired) electrons. The molecule has 2 N–H and O–H groups in total. The number of aromatic hydroxyl groups is 2. The van der Waals surface area contributed by atoms with Gasteiger partial charge in [0.25, 0.3) is 0 Å². The van der Waals surface area contributed by atoms with Crippen molar-refractivity contribution >= 4 is 0 Å². The molecular formula is C21H22O5. The molecule has 0 bridgehead atoms. The minimum atomic E-state index is -0.202. The number of rotatable bonds is 3. The predicted molar refractivity (Wildman–Crippen MR) is 97.5 cm³/mol. The van der Waals surface area contributed by atoms with Crippen molar-refractivity contribution < 1.29 is 24.4 Å². The summed E-state index contributed by atoms with van der Waals surface area (Å²) in [5.41, 5.74) is 3.79. The highest BCUT2D eigenvalue weighted by Gasteiger charge is 2.43. The Labute approximate surface area is 152 Å². The molecule has 0 saturated carbocycles. The number of phenols is 2. The average molecular weight is 354 g/mol. The summed E-state index contributed by atoms with van der Waals surface area (Å²) in [6.45, 7) is 4.49. The Hall–Kier alpha value is -2.82. The third-order valence-corrected chi connectivity index (χ3v) is 5.01. The van der Waals surface area contributed by atoms with Crippen LogP contribution in [-0.4, -0.2) is 23.9 Å². The zero-order valence-corrected chi connectivity index (χ0v) is 15.1. The molecule has 4 rings (SSSR count). The van der Waals surface area contributed by atoms with Crippen LogP contribution >= 0.6 is 0 Å². The number of hydrogen-bond acceptors (Lipinski definition) is 5. The SMILES string of the molecule is COc1cc2c(c(CC=C(C)C)c1O)OC1c3ccc(O)cc3OCC21. The van der Waals surface area contributed by atoms with Crippen LogP contribution in [0.25, 0.3) is 0 Å². The van der Waals surface area contributed by atoms with Gasteiger partial charge in [0, 0.05) is 22.8 Å². The highest BCUT2D eigenvalue weighted by Crippen LogP contribution is 2.55. The van der Waals surface area contributed by atoms with Crippen LogP contribution in [0.5, 0.6) is 28.7 Å². The first-order valence-electron chi connectivity index (χ1n) is 8.68. The minimum absolute atomic E-state index is 0.0157. The van der Waals surface area contributed by atoms with Crippen LogP contribution in [-0.2, 0) is 6.42 Å². The Kier molecular flexibility index (Phi) is 3.94. The molecule has 2 aromatic rings. The molecule has 2 aromatic carbocycles. The molecule has 136 valence electrons. The normalized spacial score (nSPS) is 19.5. The van der Waals surface area contributed by atoms with Crippen LogP contribution < -0.4 is 14.2 Å². The fraction of sp³-hybridized carbons (Fsp3) is 0.333. The summed E-state index contributed by atoms with van der Waals surface area (Å²) >= 11 is 0. The van der Waals surface area contributed by atoms with Gasteiger partial charge in [-0.1, -0.05) is 11.6 Å². The van der Waals surface area contributed by atoms with Crippen LogP contribution in [0.1, 0.15) is 42.6 Å². The fourth-order valence-corrected chi connectivity index (χ4v) is 3.66. The molecule has 2 heterocycles. The van der Waals surface area contributed by atoms with Crippen LogP contribution in [0.3, 0.4) is 0 Å². The number of benzene rings is 2. The highest BCUT2D eigenvalue weighted by atomic mass is 16.5. The van der Waals surface area contributed by atoms with Crippen LogP contribution in [0, 0.1) is 0 Å². The van der Waals surface area contributed by atoms with Crippen LogP contribution in [0.2, 0.25) is 0 Å². The molecule has 0 fully saturated rings. The molecule has 0 spiro atoms. The Morgan fingerprint density at radius 2 is 2.04 bits per heavy atom. The summed E-state index contributed by atoms with van der Waals surface area (Å²) in [4.78, 5) is 0. The quantitative estimate of drug-likeness (QED) is 0.808. The lowest BCUT2D eigenvalue weighted by molar-refractivity contribution is 0.138. The Bertz CT molecular complexity index is 896. The molecule has 5 nitrogen and oxygen atoms in total. The monoisotopic (exact) mass is 354 g/mol.